The zero-order valence-corrected chi connectivity index (χ0v) is 16.6. The maximum Gasteiger partial charge on any atom is 0.246 e. The van der Waals surface area contributed by atoms with Gasteiger partial charge in [0, 0.05) is 24.4 Å². The Kier molecular flexibility index (Phi) is 5.38. The molecule has 0 atom stereocenters. The SMILES string of the molecule is CC(=O)Nc1cccc2c1ccn2CC(=O)Nc1nnc(C2CCCCC2)s1. The Morgan fingerprint density at radius 2 is 1.96 bits per heavy atom. The lowest BCUT2D eigenvalue weighted by Gasteiger charge is -2.18. The summed E-state index contributed by atoms with van der Waals surface area (Å²) in [6.45, 7) is 1.65. The van der Waals surface area contributed by atoms with E-state index in [1.165, 1.54) is 37.5 Å². The summed E-state index contributed by atoms with van der Waals surface area (Å²) >= 11 is 1.48. The maximum absolute atomic E-state index is 12.5. The van der Waals surface area contributed by atoms with Gasteiger partial charge in [-0.05, 0) is 31.0 Å². The summed E-state index contributed by atoms with van der Waals surface area (Å²) in [5.41, 5.74) is 1.63. The molecule has 8 heteroatoms. The summed E-state index contributed by atoms with van der Waals surface area (Å²) in [4.78, 5) is 23.9. The van der Waals surface area contributed by atoms with Crippen LogP contribution >= 0.6 is 11.3 Å². The molecule has 2 heterocycles. The predicted molar refractivity (Wildman–Crippen MR) is 111 cm³/mol. The van der Waals surface area contributed by atoms with Crippen molar-refractivity contribution < 1.29 is 9.59 Å². The normalized spacial score (nSPS) is 14.9. The molecule has 7 nitrogen and oxygen atoms in total. The number of fused-ring (bicyclic) bond motifs is 1. The fraction of sp³-hybridized carbons (Fsp3) is 0.400. The minimum absolute atomic E-state index is 0.122. The molecule has 2 amide bonds. The fourth-order valence-corrected chi connectivity index (χ4v) is 4.70. The molecule has 4 rings (SSSR count). The first kappa shape index (κ1) is 18.6. The second kappa shape index (κ2) is 8.10. The molecular formula is C20H23N5O2S. The molecule has 3 aromatic rings. The van der Waals surface area contributed by atoms with E-state index in [0.29, 0.717) is 11.0 Å². The molecule has 28 heavy (non-hydrogen) atoms. The molecule has 0 unspecified atom stereocenters. The molecule has 0 saturated heterocycles. The van der Waals surface area contributed by atoms with Crippen LogP contribution in [0.25, 0.3) is 10.9 Å². The third-order valence-corrected chi connectivity index (χ3v) is 6.08. The van der Waals surface area contributed by atoms with Gasteiger partial charge >= 0.3 is 0 Å². The Hall–Kier alpha value is -2.74. The van der Waals surface area contributed by atoms with Crippen molar-refractivity contribution in [1.29, 1.82) is 0 Å². The third kappa shape index (κ3) is 4.06. The van der Waals surface area contributed by atoms with Crippen LogP contribution in [-0.4, -0.2) is 26.6 Å². The Labute approximate surface area is 167 Å². The van der Waals surface area contributed by atoms with E-state index >= 15 is 0 Å². The van der Waals surface area contributed by atoms with Crippen molar-refractivity contribution in [2.24, 2.45) is 0 Å². The lowest BCUT2D eigenvalue weighted by atomic mass is 9.90. The highest BCUT2D eigenvalue weighted by molar-refractivity contribution is 7.15. The van der Waals surface area contributed by atoms with Crippen LogP contribution in [0.2, 0.25) is 0 Å². The Bertz CT molecular complexity index is 1000. The molecular weight excluding hydrogens is 374 g/mol. The van der Waals surface area contributed by atoms with Gasteiger partial charge in [0.25, 0.3) is 0 Å². The van der Waals surface area contributed by atoms with Crippen LogP contribution in [0.15, 0.2) is 30.5 Å². The number of carbonyl (C=O) groups is 2. The summed E-state index contributed by atoms with van der Waals surface area (Å²) in [6.07, 6.45) is 7.96. The topological polar surface area (TPSA) is 88.9 Å². The van der Waals surface area contributed by atoms with E-state index < -0.39 is 0 Å². The van der Waals surface area contributed by atoms with E-state index in [1.807, 2.05) is 35.0 Å². The van der Waals surface area contributed by atoms with Crippen molar-refractivity contribution in [2.45, 2.75) is 51.5 Å². The van der Waals surface area contributed by atoms with Gasteiger partial charge in [0.2, 0.25) is 16.9 Å². The van der Waals surface area contributed by atoms with Crippen molar-refractivity contribution in [2.75, 3.05) is 10.6 Å². The Morgan fingerprint density at radius 3 is 2.75 bits per heavy atom. The molecule has 2 N–H and O–H groups in total. The number of carbonyl (C=O) groups excluding carboxylic acids is 2. The molecule has 1 aliphatic carbocycles. The van der Waals surface area contributed by atoms with Gasteiger partial charge in [-0.2, -0.15) is 0 Å². The van der Waals surface area contributed by atoms with E-state index in [9.17, 15) is 9.59 Å². The molecule has 1 fully saturated rings. The van der Waals surface area contributed by atoms with Crippen LogP contribution < -0.4 is 10.6 Å². The number of amides is 2. The number of benzene rings is 1. The molecule has 0 bridgehead atoms. The van der Waals surface area contributed by atoms with Crippen molar-refractivity contribution in [3.05, 3.63) is 35.5 Å². The zero-order valence-electron chi connectivity index (χ0n) is 15.8. The smallest absolute Gasteiger partial charge is 0.246 e. The Balaban J connectivity index is 1.44. The number of rotatable bonds is 5. The summed E-state index contributed by atoms with van der Waals surface area (Å²) < 4.78 is 1.86. The van der Waals surface area contributed by atoms with Gasteiger partial charge in [-0.25, -0.2) is 0 Å². The summed E-state index contributed by atoms with van der Waals surface area (Å²) in [5.74, 6) is 0.217. The average molecular weight is 398 g/mol. The van der Waals surface area contributed by atoms with Crippen molar-refractivity contribution in [1.82, 2.24) is 14.8 Å². The molecule has 0 aliphatic heterocycles. The highest BCUT2D eigenvalue weighted by Gasteiger charge is 2.20. The lowest BCUT2D eigenvalue weighted by molar-refractivity contribution is -0.116. The van der Waals surface area contributed by atoms with Crippen LogP contribution in [-0.2, 0) is 16.1 Å². The lowest BCUT2D eigenvalue weighted by Crippen LogP contribution is -2.18. The standard InChI is InChI=1S/C20H23N5O2S/c1-13(26)21-16-8-5-9-17-15(16)10-11-25(17)12-18(27)22-20-24-23-19(28-20)14-6-3-2-4-7-14/h5,8-11,14H,2-4,6-7,12H2,1H3,(H,21,26)(H,22,24,27). The van der Waals surface area contributed by atoms with Crippen molar-refractivity contribution in [3.8, 4) is 0 Å². The average Bonchev–Trinajstić information content (AvgIpc) is 3.30. The quantitative estimate of drug-likeness (QED) is 0.677. The van der Waals surface area contributed by atoms with Crippen LogP contribution in [0.5, 0.6) is 0 Å². The van der Waals surface area contributed by atoms with Gasteiger partial charge < -0.3 is 9.88 Å². The first-order valence-electron chi connectivity index (χ1n) is 9.59. The summed E-state index contributed by atoms with van der Waals surface area (Å²) in [7, 11) is 0. The fourth-order valence-electron chi connectivity index (χ4n) is 3.77. The van der Waals surface area contributed by atoms with Gasteiger partial charge in [-0.3, -0.25) is 14.9 Å². The number of aromatic nitrogens is 3. The first-order valence-corrected chi connectivity index (χ1v) is 10.4. The first-order chi connectivity index (χ1) is 13.6. The monoisotopic (exact) mass is 397 g/mol. The second-order valence-corrected chi connectivity index (χ2v) is 8.20. The summed E-state index contributed by atoms with van der Waals surface area (Å²) in [5, 5.41) is 16.6. The van der Waals surface area contributed by atoms with Crippen molar-refractivity contribution in [3.63, 3.8) is 0 Å². The maximum atomic E-state index is 12.5. The molecule has 2 aromatic heterocycles. The van der Waals surface area contributed by atoms with Gasteiger partial charge in [-0.15, -0.1) is 10.2 Å². The van der Waals surface area contributed by atoms with Gasteiger partial charge in [0.1, 0.15) is 11.6 Å². The zero-order chi connectivity index (χ0) is 19.5. The minimum Gasteiger partial charge on any atom is -0.338 e. The summed E-state index contributed by atoms with van der Waals surface area (Å²) in [6, 6.07) is 7.55. The number of hydrogen-bond acceptors (Lipinski definition) is 5. The minimum atomic E-state index is -0.145. The number of hydrogen-bond donors (Lipinski definition) is 2. The molecule has 146 valence electrons. The van der Waals surface area contributed by atoms with E-state index in [4.69, 9.17) is 0 Å². The number of nitrogens with zero attached hydrogens (tertiary/aromatic N) is 3. The Morgan fingerprint density at radius 1 is 1.14 bits per heavy atom. The molecule has 0 spiro atoms. The molecule has 1 saturated carbocycles. The van der Waals surface area contributed by atoms with Crippen LogP contribution in [0.3, 0.4) is 0 Å². The van der Waals surface area contributed by atoms with E-state index in [-0.39, 0.29) is 18.4 Å². The van der Waals surface area contributed by atoms with Gasteiger partial charge in [0.15, 0.2) is 0 Å². The van der Waals surface area contributed by atoms with Crippen LogP contribution in [0.1, 0.15) is 50.0 Å². The van der Waals surface area contributed by atoms with E-state index in [1.54, 1.807) is 0 Å². The molecule has 0 radical (unpaired) electrons. The van der Waals surface area contributed by atoms with Gasteiger partial charge in [-0.1, -0.05) is 36.7 Å². The third-order valence-electron chi connectivity index (χ3n) is 5.08. The second-order valence-electron chi connectivity index (χ2n) is 7.19. The number of nitrogens with one attached hydrogen (secondary N) is 2. The highest BCUT2D eigenvalue weighted by atomic mass is 32.1. The van der Waals surface area contributed by atoms with Crippen LogP contribution in [0, 0.1) is 0 Å². The van der Waals surface area contributed by atoms with Crippen LogP contribution in [0.4, 0.5) is 10.8 Å². The molecule has 1 aliphatic rings. The van der Waals surface area contributed by atoms with Crippen molar-refractivity contribution >= 4 is 44.9 Å². The predicted octanol–water partition coefficient (Wildman–Crippen LogP) is 4.14. The van der Waals surface area contributed by atoms with E-state index in [0.717, 1.165) is 34.4 Å². The number of anilines is 2. The molecule has 1 aromatic carbocycles. The largest absolute Gasteiger partial charge is 0.338 e. The van der Waals surface area contributed by atoms with Gasteiger partial charge in [0.05, 0.1) is 11.2 Å². The van der Waals surface area contributed by atoms with E-state index in [2.05, 4.69) is 20.8 Å². The highest BCUT2D eigenvalue weighted by Crippen LogP contribution is 2.35.